The highest BCUT2D eigenvalue weighted by atomic mass is 32.2. The van der Waals surface area contributed by atoms with Gasteiger partial charge in [-0.05, 0) is 44.4 Å². The lowest BCUT2D eigenvalue weighted by Gasteiger charge is -2.16. The number of nitrogens with one attached hydrogen (secondary N) is 3. The Kier molecular flexibility index (Phi) is 6.81. The van der Waals surface area contributed by atoms with Crippen LogP contribution in [0.3, 0.4) is 0 Å². The van der Waals surface area contributed by atoms with E-state index in [0.29, 0.717) is 24.1 Å². The molecule has 0 fully saturated rings. The highest BCUT2D eigenvalue weighted by Gasteiger charge is 2.13. The summed E-state index contributed by atoms with van der Waals surface area (Å²) in [5, 5.41) is 6.38. The molecular weight excluding hydrogens is 343 g/mol. The summed E-state index contributed by atoms with van der Waals surface area (Å²) in [6.45, 7) is 4.38. The number of halogens is 1. The van der Waals surface area contributed by atoms with Crippen LogP contribution in [-0.2, 0) is 10.0 Å². The van der Waals surface area contributed by atoms with Crippen molar-refractivity contribution in [3.05, 3.63) is 41.7 Å². The first-order valence-corrected chi connectivity index (χ1v) is 10.0. The fraction of sp³-hybridized carbons (Fsp3) is 0.471. The molecule has 0 aliphatic heterocycles. The number of aliphatic imine (C=N–C) groups is 1. The standard InChI is InChI=1S/C17H25FN4O2S/c1-3-19-17(21-14-6-4-5-7-14)20-10-11-25(23,24)22-15-9-8-13(2)16(18)12-15/h4-5,8-9,12,14,22H,3,6-7,10-11H2,1-2H3,(H2,19,20,21). The van der Waals surface area contributed by atoms with Gasteiger partial charge in [-0.2, -0.15) is 0 Å². The van der Waals surface area contributed by atoms with E-state index >= 15 is 0 Å². The van der Waals surface area contributed by atoms with Gasteiger partial charge in [-0.1, -0.05) is 18.2 Å². The maximum atomic E-state index is 13.5. The fourth-order valence-corrected chi connectivity index (χ4v) is 3.33. The predicted octanol–water partition coefficient (Wildman–Crippen LogP) is 2.15. The van der Waals surface area contributed by atoms with Crippen molar-refractivity contribution in [2.75, 3.05) is 23.6 Å². The van der Waals surface area contributed by atoms with Crippen molar-refractivity contribution in [1.82, 2.24) is 10.6 Å². The molecule has 0 spiro atoms. The molecule has 0 saturated carbocycles. The van der Waals surface area contributed by atoms with Crippen LogP contribution in [0.5, 0.6) is 0 Å². The van der Waals surface area contributed by atoms with E-state index in [1.54, 1.807) is 6.92 Å². The number of benzene rings is 1. The van der Waals surface area contributed by atoms with Crippen molar-refractivity contribution in [3.63, 3.8) is 0 Å². The van der Waals surface area contributed by atoms with Crippen molar-refractivity contribution in [1.29, 1.82) is 0 Å². The van der Waals surface area contributed by atoms with Gasteiger partial charge in [-0.25, -0.2) is 12.8 Å². The average Bonchev–Trinajstić information content (AvgIpc) is 3.03. The third kappa shape index (κ3) is 6.38. The molecule has 1 aliphatic carbocycles. The van der Waals surface area contributed by atoms with Crippen LogP contribution >= 0.6 is 0 Å². The minimum Gasteiger partial charge on any atom is -0.357 e. The molecule has 0 atom stereocenters. The first-order valence-electron chi connectivity index (χ1n) is 8.36. The number of anilines is 1. The van der Waals surface area contributed by atoms with Gasteiger partial charge in [-0.15, -0.1) is 0 Å². The van der Waals surface area contributed by atoms with Crippen molar-refractivity contribution in [2.45, 2.75) is 32.7 Å². The van der Waals surface area contributed by atoms with Crippen molar-refractivity contribution < 1.29 is 12.8 Å². The predicted molar refractivity (Wildman–Crippen MR) is 99.8 cm³/mol. The van der Waals surface area contributed by atoms with Crippen molar-refractivity contribution >= 4 is 21.7 Å². The van der Waals surface area contributed by atoms with Gasteiger partial charge in [0, 0.05) is 12.6 Å². The number of guanidine groups is 1. The second kappa shape index (κ2) is 8.84. The lowest BCUT2D eigenvalue weighted by atomic mass is 10.2. The summed E-state index contributed by atoms with van der Waals surface area (Å²) in [7, 11) is -3.59. The minimum atomic E-state index is -3.59. The summed E-state index contributed by atoms with van der Waals surface area (Å²) in [6, 6.07) is 4.55. The zero-order valence-corrected chi connectivity index (χ0v) is 15.4. The van der Waals surface area contributed by atoms with E-state index in [9.17, 15) is 12.8 Å². The number of rotatable bonds is 7. The number of aryl methyl sites for hydroxylation is 1. The van der Waals surface area contributed by atoms with Gasteiger partial charge in [0.1, 0.15) is 5.82 Å². The van der Waals surface area contributed by atoms with E-state index in [0.717, 1.165) is 12.8 Å². The molecule has 3 N–H and O–H groups in total. The second-order valence-electron chi connectivity index (χ2n) is 5.93. The van der Waals surface area contributed by atoms with E-state index in [2.05, 4.69) is 32.5 Å². The Morgan fingerprint density at radius 3 is 2.68 bits per heavy atom. The number of hydrogen-bond acceptors (Lipinski definition) is 3. The molecule has 8 heteroatoms. The van der Waals surface area contributed by atoms with Crippen molar-refractivity contribution in [3.8, 4) is 0 Å². The topological polar surface area (TPSA) is 82.6 Å². The molecule has 25 heavy (non-hydrogen) atoms. The molecule has 6 nitrogen and oxygen atoms in total. The van der Waals surface area contributed by atoms with Crippen LogP contribution in [0.4, 0.5) is 10.1 Å². The Bertz CT molecular complexity index is 739. The molecule has 138 valence electrons. The van der Waals surface area contributed by atoms with Crippen molar-refractivity contribution in [2.24, 2.45) is 4.99 Å². The van der Waals surface area contributed by atoms with Crippen LogP contribution in [0.15, 0.2) is 35.3 Å². The van der Waals surface area contributed by atoms with Crippen LogP contribution in [-0.4, -0.2) is 39.3 Å². The third-order valence-corrected chi connectivity index (χ3v) is 5.03. The van der Waals surface area contributed by atoms with Gasteiger partial charge in [0.2, 0.25) is 10.0 Å². The van der Waals surface area contributed by atoms with Gasteiger partial charge >= 0.3 is 0 Å². The molecule has 0 aromatic heterocycles. The van der Waals surface area contributed by atoms with Gasteiger partial charge in [0.25, 0.3) is 0 Å². The molecule has 1 aromatic carbocycles. The lowest BCUT2D eigenvalue weighted by Crippen LogP contribution is -2.42. The highest BCUT2D eigenvalue weighted by Crippen LogP contribution is 2.15. The SMILES string of the molecule is CCNC(=NCCS(=O)(=O)Nc1ccc(C)c(F)c1)NC1CC=CC1. The monoisotopic (exact) mass is 368 g/mol. The summed E-state index contributed by atoms with van der Waals surface area (Å²) >= 11 is 0. The van der Waals surface area contributed by atoms with Crippen LogP contribution < -0.4 is 15.4 Å². The first-order chi connectivity index (χ1) is 11.9. The second-order valence-corrected chi connectivity index (χ2v) is 7.77. The largest absolute Gasteiger partial charge is 0.357 e. The molecule has 0 bridgehead atoms. The molecule has 0 unspecified atom stereocenters. The Labute approximate surface area is 148 Å². The molecular formula is C17H25FN4O2S. The summed E-state index contributed by atoms with van der Waals surface area (Å²) in [5.74, 6) is -0.0167. The zero-order chi connectivity index (χ0) is 18.3. The Morgan fingerprint density at radius 1 is 1.32 bits per heavy atom. The molecule has 1 aliphatic rings. The van der Waals surface area contributed by atoms with Gasteiger partial charge < -0.3 is 10.6 Å². The maximum Gasteiger partial charge on any atom is 0.234 e. The third-order valence-electron chi connectivity index (χ3n) is 3.77. The zero-order valence-electron chi connectivity index (χ0n) is 14.5. The van der Waals surface area contributed by atoms with Crippen LogP contribution in [0, 0.1) is 12.7 Å². The summed E-state index contributed by atoms with van der Waals surface area (Å²) in [4.78, 5) is 4.31. The Balaban J connectivity index is 1.90. The number of sulfonamides is 1. The molecule has 2 rings (SSSR count). The van der Waals surface area contributed by atoms with Gasteiger partial charge in [0.15, 0.2) is 5.96 Å². The number of nitrogens with zero attached hydrogens (tertiary/aromatic N) is 1. The van der Waals surface area contributed by atoms with E-state index in [-0.39, 0.29) is 18.0 Å². The van der Waals surface area contributed by atoms with E-state index in [4.69, 9.17) is 0 Å². The van der Waals surface area contributed by atoms with Crippen LogP contribution in [0.25, 0.3) is 0 Å². The Morgan fingerprint density at radius 2 is 2.04 bits per heavy atom. The molecule has 0 heterocycles. The smallest absolute Gasteiger partial charge is 0.234 e. The molecule has 0 amide bonds. The molecule has 1 aromatic rings. The maximum absolute atomic E-state index is 13.5. The average molecular weight is 368 g/mol. The summed E-state index contributed by atoms with van der Waals surface area (Å²) in [5.41, 5.74) is 0.685. The van der Waals surface area contributed by atoms with Gasteiger partial charge in [0.05, 0.1) is 18.0 Å². The number of hydrogen-bond donors (Lipinski definition) is 3. The Hall–Kier alpha value is -2.09. The molecule has 0 saturated heterocycles. The van der Waals surface area contributed by atoms with E-state index < -0.39 is 15.8 Å². The minimum absolute atomic E-state index is 0.110. The highest BCUT2D eigenvalue weighted by molar-refractivity contribution is 7.92. The van der Waals surface area contributed by atoms with E-state index in [1.807, 2.05) is 6.92 Å². The van der Waals surface area contributed by atoms with Crippen LogP contribution in [0.2, 0.25) is 0 Å². The van der Waals surface area contributed by atoms with Crippen LogP contribution in [0.1, 0.15) is 25.3 Å². The lowest BCUT2D eigenvalue weighted by molar-refractivity contribution is 0.600. The normalized spacial score (nSPS) is 15.4. The first kappa shape index (κ1) is 19.2. The summed E-state index contributed by atoms with van der Waals surface area (Å²) < 4.78 is 40.1. The van der Waals surface area contributed by atoms with E-state index in [1.165, 1.54) is 18.2 Å². The molecule has 0 radical (unpaired) electrons. The summed E-state index contributed by atoms with van der Waals surface area (Å²) in [6.07, 6.45) is 6.08. The van der Waals surface area contributed by atoms with Gasteiger partial charge in [-0.3, -0.25) is 9.71 Å². The fourth-order valence-electron chi connectivity index (χ4n) is 2.41. The quantitative estimate of drug-likeness (QED) is 0.391.